The van der Waals surface area contributed by atoms with Crippen LogP contribution in [0.3, 0.4) is 0 Å². The Bertz CT molecular complexity index is 2850. The van der Waals surface area contributed by atoms with E-state index in [0.717, 1.165) is 11.1 Å². The van der Waals surface area contributed by atoms with E-state index in [-0.39, 0.29) is 90.8 Å². The fourth-order valence-corrected chi connectivity index (χ4v) is 8.55. The zero-order chi connectivity index (χ0) is 57.9. The molecule has 5 atom stereocenters. The van der Waals surface area contributed by atoms with E-state index in [4.69, 9.17) is 44.6 Å². The van der Waals surface area contributed by atoms with E-state index in [1.165, 1.54) is 61.3 Å². The highest BCUT2D eigenvalue weighted by molar-refractivity contribution is 6.01. The van der Waals surface area contributed by atoms with Crippen molar-refractivity contribution < 1.29 is 76.9 Å². The lowest BCUT2D eigenvalue weighted by atomic mass is 10.0. The summed E-state index contributed by atoms with van der Waals surface area (Å²) in [4.78, 5) is 94.0. The average Bonchev–Trinajstić information content (AvgIpc) is 4.04. The number of nitrogens with zero attached hydrogens (tertiary/aromatic N) is 2. The van der Waals surface area contributed by atoms with Crippen LogP contribution in [0.15, 0.2) is 109 Å². The minimum atomic E-state index is -1.23. The molecule has 2 heterocycles. The second kappa shape index (κ2) is 29.1. The minimum Gasteiger partial charge on any atom is -0.493 e. The van der Waals surface area contributed by atoms with Gasteiger partial charge in [-0.25, -0.2) is 14.4 Å². The number of ether oxygens (including phenoxy) is 7. The van der Waals surface area contributed by atoms with Crippen molar-refractivity contribution in [2.45, 2.75) is 90.6 Å². The summed E-state index contributed by atoms with van der Waals surface area (Å²) >= 11 is 0. The number of aliphatic hydroxyl groups is 2. The van der Waals surface area contributed by atoms with Crippen molar-refractivity contribution in [1.29, 1.82) is 0 Å². The fourth-order valence-electron chi connectivity index (χ4n) is 8.55. The molecule has 23 heteroatoms. The van der Waals surface area contributed by atoms with Crippen LogP contribution in [-0.2, 0) is 20.7 Å². The van der Waals surface area contributed by atoms with Crippen LogP contribution in [0, 0.1) is 5.92 Å². The molecule has 2 aliphatic heterocycles. The van der Waals surface area contributed by atoms with E-state index < -0.39 is 72.2 Å². The van der Waals surface area contributed by atoms with Gasteiger partial charge >= 0.3 is 18.3 Å². The summed E-state index contributed by atoms with van der Waals surface area (Å²) in [5, 5.41) is 28.2. The molecule has 424 valence electrons. The third kappa shape index (κ3) is 16.6. The number of alkyl carbamates (subject to hydrolysis) is 1. The van der Waals surface area contributed by atoms with Gasteiger partial charge in [0.25, 0.3) is 11.8 Å². The number of allylic oxidation sites excluding steroid dienone is 4. The summed E-state index contributed by atoms with van der Waals surface area (Å²) in [7, 11) is 2.69. The van der Waals surface area contributed by atoms with E-state index in [1.807, 2.05) is 26.0 Å². The Morgan fingerprint density at radius 2 is 1.24 bits per heavy atom. The predicted molar refractivity (Wildman–Crippen MR) is 290 cm³/mol. The summed E-state index contributed by atoms with van der Waals surface area (Å²) in [6.07, 6.45) is 8.68. The minimum absolute atomic E-state index is 0.0152. The molecule has 2 aliphatic rings. The largest absolute Gasteiger partial charge is 0.493 e. The standard InChI is InChI=1S/C56H69N7O16/c1-9-12-35-21-38(30-64)62(28-35)52(68)41-24-45(73-7)47(26-43(41)78-54(57)70)75-20-18-40(23-34-14-16-37(17-15-34)60-50(66)33(6)59-51(67)49(32(4)5)61-56(72)76-19-11-3)77-48-27-44(79-55(58)71)42(25-46(48)74-8)53(69)63-29-36(13-10-2)22-39(63)31-65/h9-17,24-29,32-33,38-40,49,64-65H,3,18-23,30-31H2,1-2,4-8H3,(H2,57,70)(H2,58,71)(H,59,67)(H,60,66)(H,61,72)/t33?,38-,39-,40+,49?/m0/s1. The van der Waals surface area contributed by atoms with Crippen LogP contribution in [0.5, 0.6) is 34.5 Å². The van der Waals surface area contributed by atoms with Crippen molar-refractivity contribution in [1.82, 2.24) is 20.4 Å². The number of methoxy groups -OCH3 is 2. The van der Waals surface area contributed by atoms with E-state index >= 15 is 0 Å². The summed E-state index contributed by atoms with van der Waals surface area (Å²) in [5.41, 5.74) is 13.3. The second-order valence-corrected chi connectivity index (χ2v) is 18.5. The number of carbonyl (C=O) groups is 7. The molecule has 23 nitrogen and oxygen atoms in total. The lowest BCUT2D eigenvalue weighted by Gasteiger charge is -2.25. The van der Waals surface area contributed by atoms with Crippen LogP contribution in [0.4, 0.5) is 20.1 Å². The molecule has 0 saturated carbocycles. The van der Waals surface area contributed by atoms with Gasteiger partial charge in [0.2, 0.25) is 11.8 Å². The molecule has 5 rings (SSSR count). The van der Waals surface area contributed by atoms with E-state index in [9.17, 15) is 43.8 Å². The number of rotatable bonds is 26. The molecule has 3 aromatic carbocycles. The number of primary amides is 2. The molecule has 0 aromatic heterocycles. The van der Waals surface area contributed by atoms with Crippen molar-refractivity contribution in [3.05, 3.63) is 126 Å². The maximum absolute atomic E-state index is 14.2. The van der Waals surface area contributed by atoms with Gasteiger partial charge in [-0.1, -0.05) is 62.9 Å². The molecule has 3 aromatic rings. The highest BCUT2D eigenvalue weighted by Crippen LogP contribution is 2.40. The molecule has 0 bridgehead atoms. The second-order valence-electron chi connectivity index (χ2n) is 18.5. The fraction of sp³-hybridized carbons (Fsp3) is 0.375. The van der Waals surface area contributed by atoms with Gasteiger partial charge < -0.3 is 80.6 Å². The van der Waals surface area contributed by atoms with Gasteiger partial charge in [0.15, 0.2) is 23.0 Å². The number of benzene rings is 3. The Balaban J connectivity index is 1.45. The molecule has 0 fully saturated rings. The first-order valence-electron chi connectivity index (χ1n) is 25.2. The molecule has 79 heavy (non-hydrogen) atoms. The number of anilines is 1. The van der Waals surface area contributed by atoms with E-state index in [1.54, 1.807) is 62.7 Å². The maximum atomic E-state index is 14.2. The van der Waals surface area contributed by atoms with E-state index in [2.05, 4.69) is 22.5 Å². The van der Waals surface area contributed by atoms with Gasteiger partial charge in [-0.3, -0.25) is 19.2 Å². The third-order valence-electron chi connectivity index (χ3n) is 12.4. The number of aliphatic hydroxyl groups excluding tert-OH is 2. The van der Waals surface area contributed by atoms with Crippen molar-refractivity contribution in [2.24, 2.45) is 17.4 Å². The predicted octanol–water partition coefficient (Wildman–Crippen LogP) is 5.79. The van der Waals surface area contributed by atoms with Crippen molar-refractivity contribution in [3.8, 4) is 34.5 Å². The number of nitrogens with two attached hydrogens (primary N) is 2. The molecule has 7 amide bonds. The Morgan fingerprint density at radius 1 is 0.722 bits per heavy atom. The van der Waals surface area contributed by atoms with Gasteiger partial charge in [0.05, 0.1) is 57.3 Å². The number of amides is 7. The molecule has 0 radical (unpaired) electrons. The molecule has 9 N–H and O–H groups in total. The van der Waals surface area contributed by atoms with Gasteiger partial charge in [0.1, 0.15) is 36.3 Å². The quantitative estimate of drug-likeness (QED) is 0.0468. The molecule has 0 aliphatic carbocycles. The highest BCUT2D eigenvalue weighted by atomic mass is 16.6. The molecular weight excluding hydrogens is 1030 g/mol. The summed E-state index contributed by atoms with van der Waals surface area (Å²) in [5.74, 6) is -3.07. The molecule has 0 spiro atoms. The topological polar surface area (TPSA) is 319 Å². The Morgan fingerprint density at radius 3 is 1.71 bits per heavy atom. The van der Waals surface area contributed by atoms with Crippen LogP contribution in [-0.4, -0.2) is 133 Å². The van der Waals surface area contributed by atoms with Crippen LogP contribution < -0.4 is 55.8 Å². The number of hydrogen-bond donors (Lipinski definition) is 7. The lowest BCUT2D eigenvalue weighted by molar-refractivity contribution is -0.128. The van der Waals surface area contributed by atoms with Gasteiger partial charge in [0, 0.05) is 55.2 Å². The van der Waals surface area contributed by atoms with Crippen molar-refractivity contribution in [2.75, 3.05) is 46.0 Å². The van der Waals surface area contributed by atoms with Crippen molar-refractivity contribution >= 4 is 47.6 Å². The molecule has 0 saturated heterocycles. The summed E-state index contributed by atoms with van der Waals surface area (Å²) in [6.45, 7) is 11.2. The first-order valence-corrected chi connectivity index (χ1v) is 25.2. The first kappa shape index (κ1) is 61.0. The number of hydrogen-bond acceptors (Lipinski definition) is 16. The average molecular weight is 1100 g/mol. The van der Waals surface area contributed by atoms with Crippen LogP contribution in [0.25, 0.3) is 0 Å². The maximum Gasteiger partial charge on any atom is 0.409 e. The number of nitrogens with one attached hydrogen (secondary N) is 3. The molecular formula is C56H69N7O16. The first-order chi connectivity index (χ1) is 37.8. The van der Waals surface area contributed by atoms with Crippen molar-refractivity contribution in [3.63, 3.8) is 0 Å². The highest BCUT2D eigenvalue weighted by Gasteiger charge is 2.34. The lowest BCUT2D eigenvalue weighted by Crippen LogP contribution is -2.53. The normalized spacial score (nSPS) is 16.1. The summed E-state index contributed by atoms with van der Waals surface area (Å²) in [6, 6.07) is 8.68. The SMILES string of the molecule is C=CCOC(=O)NC(C(=O)NC(C)C(=O)Nc1ccc(C[C@@H](CCOc2cc(OC(N)=O)c(C(=O)N3C=C(C=CC)C[C@H]3CO)cc2OC)Oc2cc(OC(N)=O)c(C(=O)N3C=C(C=CC)C[C@H]3CO)cc2OC)cc1)C(C)C. The Labute approximate surface area is 457 Å². The Hall–Kier alpha value is -8.83. The monoisotopic (exact) mass is 1100 g/mol. The van der Waals surface area contributed by atoms with E-state index in [0.29, 0.717) is 24.1 Å². The van der Waals surface area contributed by atoms with Gasteiger partial charge in [-0.2, -0.15) is 0 Å². The van der Waals surface area contributed by atoms with Crippen LogP contribution >= 0.6 is 0 Å². The molecule has 2 unspecified atom stereocenters. The number of carbonyl (C=O) groups excluding carboxylic acids is 7. The third-order valence-corrected chi connectivity index (χ3v) is 12.4. The smallest absolute Gasteiger partial charge is 0.409 e. The Kier molecular flexibility index (Phi) is 22.5. The van der Waals surface area contributed by atoms with Crippen LogP contribution in [0.1, 0.15) is 80.2 Å². The zero-order valence-electron chi connectivity index (χ0n) is 45.1. The van der Waals surface area contributed by atoms with Crippen LogP contribution in [0.2, 0.25) is 0 Å². The van der Waals surface area contributed by atoms with Gasteiger partial charge in [-0.05, 0) is 68.4 Å². The zero-order valence-corrected chi connectivity index (χ0v) is 45.1. The van der Waals surface area contributed by atoms with Gasteiger partial charge in [-0.15, -0.1) is 0 Å². The summed E-state index contributed by atoms with van der Waals surface area (Å²) < 4.78 is 39.9.